The van der Waals surface area contributed by atoms with Gasteiger partial charge < -0.3 is 4.90 Å². The Balaban J connectivity index is 1.99. The molecule has 0 atom stereocenters. The van der Waals surface area contributed by atoms with Crippen LogP contribution in [0.25, 0.3) is 0 Å². The van der Waals surface area contributed by atoms with Crippen LogP contribution in [0.5, 0.6) is 0 Å². The van der Waals surface area contributed by atoms with Crippen LogP contribution in [0, 0.1) is 29.1 Å². The summed E-state index contributed by atoms with van der Waals surface area (Å²) in [5.41, 5.74) is -0.882. The van der Waals surface area contributed by atoms with Crippen LogP contribution in [0.2, 0.25) is 0 Å². The molecule has 2 aliphatic carbocycles. The molecule has 1 aromatic rings. The molecule has 1 aromatic carbocycles. The van der Waals surface area contributed by atoms with Crippen molar-refractivity contribution < 1.29 is 22.0 Å². The largest absolute Gasteiger partial charge is 0.325 e. The monoisotopic (exact) mass is 374 g/mol. The molecule has 0 radical (unpaired) electrons. The SMILES string of the molecule is Fc1c(F)c(F)c(N(C=NC2CCCCC2)C2CCCCC2)c(F)c1F. The highest BCUT2D eigenvalue weighted by atomic mass is 19.2. The van der Waals surface area contributed by atoms with Crippen LogP contribution < -0.4 is 4.90 Å². The summed E-state index contributed by atoms with van der Waals surface area (Å²) >= 11 is 0. The highest BCUT2D eigenvalue weighted by Gasteiger charge is 2.32. The van der Waals surface area contributed by atoms with Gasteiger partial charge >= 0.3 is 0 Å². The van der Waals surface area contributed by atoms with Crippen LogP contribution in [-0.2, 0) is 0 Å². The van der Waals surface area contributed by atoms with E-state index in [2.05, 4.69) is 4.99 Å². The van der Waals surface area contributed by atoms with Crippen LogP contribution in [0.1, 0.15) is 64.2 Å². The van der Waals surface area contributed by atoms with Gasteiger partial charge in [-0.05, 0) is 25.7 Å². The smallest absolute Gasteiger partial charge is 0.200 e. The van der Waals surface area contributed by atoms with E-state index in [1.54, 1.807) is 0 Å². The third-order valence-electron chi connectivity index (χ3n) is 5.39. The molecule has 0 unspecified atom stereocenters. The minimum atomic E-state index is -2.13. The van der Waals surface area contributed by atoms with Crippen molar-refractivity contribution in [3.05, 3.63) is 29.1 Å². The summed E-state index contributed by atoms with van der Waals surface area (Å²) in [6.07, 6.45) is 10.3. The Kier molecular flexibility index (Phi) is 6.14. The Morgan fingerprint density at radius 1 is 0.654 bits per heavy atom. The van der Waals surface area contributed by atoms with Gasteiger partial charge in [0.1, 0.15) is 5.69 Å². The molecule has 2 fully saturated rings. The number of nitrogens with zero attached hydrogens (tertiary/aromatic N) is 2. The van der Waals surface area contributed by atoms with E-state index in [9.17, 15) is 22.0 Å². The fourth-order valence-corrected chi connectivity index (χ4v) is 3.91. The highest BCUT2D eigenvalue weighted by molar-refractivity contribution is 5.80. The van der Waals surface area contributed by atoms with Gasteiger partial charge in [0.15, 0.2) is 23.3 Å². The van der Waals surface area contributed by atoms with E-state index in [-0.39, 0.29) is 12.1 Å². The summed E-state index contributed by atoms with van der Waals surface area (Å²) in [5, 5.41) is 0. The lowest BCUT2D eigenvalue weighted by atomic mass is 9.94. The van der Waals surface area contributed by atoms with Gasteiger partial charge in [0.2, 0.25) is 5.82 Å². The summed E-state index contributed by atoms with van der Waals surface area (Å²) in [4.78, 5) is 5.61. The van der Waals surface area contributed by atoms with Crippen molar-refractivity contribution in [3.8, 4) is 0 Å². The molecule has 2 aliphatic rings. The first-order valence-electron chi connectivity index (χ1n) is 9.33. The van der Waals surface area contributed by atoms with Crippen LogP contribution in [0.15, 0.2) is 4.99 Å². The second-order valence-electron chi connectivity index (χ2n) is 7.17. The van der Waals surface area contributed by atoms with Gasteiger partial charge in [-0.15, -0.1) is 0 Å². The maximum Gasteiger partial charge on any atom is 0.200 e. The minimum absolute atomic E-state index is 0.0381. The molecule has 0 saturated heterocycles. The predicted molar refractivity (Wildman–Crippen MR) is 90.9 cm³/mol. The average molecular weight is 374 g/mol. The lowest BCUT2D eigenvalue weighted by Crippen LogP contribution is -2.38. The third kappa shape index (κ3) is 3.86. The van der Waals surface area contributed by atoms with Crippen molar-refractivity contribution in [1.82, 2.24) is 0 Å². The molecule has 0 spiro atoms. The lowest BCUT2D eigenvalue weighted by molar-refractivity contribution is 0.373. The van der Waals surface area contributed by atoms with Crippen LogP contribution in [-0.4, -0.2) is 18.4 Å². The second-order valence-corrected chi connectivity index (χ2v) is 7.17. The van der Waals surface area contributed by atoms with Crippen LogP contribution >= 0.6 is 0 Å². The van der Waals surface area contributed by atoms with Crippen molar-refractivity contribution in [3.63, 3.8) is 0 Å². The summed E-state index contributed by atoms with van der Waals surface area (Å²) in [6, 6.07) is -0.277. The Morgan fingerprint density at radius 3 is 1.65 bits per heavy atom. The molecule has 3 rings (SSSR count). The maximum absolute atomic E-state index is 14.3. The van der Waals surface area contributed by atoms with Gasteiger partial charge in [0.05, 0.1) is 12.4 Å². The standard InChI is InChI=1S/C19H23F5N2/c20-14-15(21)17(23)19(18(24)16(14)22)26(13-9-5-2-6-10-13)11-25-12-7-3-1-4-8-12/h11-13H,1-10H2. The van der Waals surface area contributed by atoms with E-state index in [4.69, 9.17) is 0 Å². The quantitative estimate of drug-likeness (QED) is 0.211. The molecule has 0 amide bonds. The zero-order valence-corrected chi connectivity index (χ0v) is 14.6. The fraction of sp³-hybridized carbons (Fsp3) is 0.632. The number of rotatable bonds is 4. The van der Waals surface area contributed by atoms with Gasteiger partial charge in [0.25, 0.3) is 0 Å². The minimum Gasteiger partial charge on any atom is -0.325 e. The molecule has 2 saturated carbocycles. The van der Waals surface area contributed by atoms with Crippen LogP contribution in [0.3, 0.4) is 0 Å². The molecule has 0 aliphatic heterocycles. The Bertz CT molecular complexity index is 635. The Hall–Kier alpha value is -1.66. The molecule has 0 N–H and O–H groups in total. The Morgan fingerprint density at radius 2 is 1.12 bits per heavy atom. The van der Waals surface area contributed by atoms with Crippen molar-refractivity contribution >= 4 is 12.0 Å². The van der Waals surface area contributed by atoms with Gasteiger partial charge in [-0.3, -0.25) is 4.99 Å². The lowest BCUT2D eigenvalue weighted by Gasteiger charge is -2.34. The number of halogens is 5. The van der Waals surface area contributed by atoms with E-state index in [0.29, 0.717) is 12.8 Å². The summed E-state index contributed by atoms with van der Waals surface area (Å²) in [7, 11) is 0. The third-order valence-corrected chi connectivity index (χ3v) is 5.39. The first-order valence-corrected chi connectivity index (χ1v) is 9.33. The van der Waals surface area contributed by atoms with E-state index in [1.165, 1.54) is 11.2 Å². The van der Waals surface area contributed by atoms with Crippen molar-refractivity contribution in [1.29, 1.82) is 0 Å². The molecule has 0 heterocycles. The van der Waals surface area contributed by atoms with E-state index in [0.717, 1.165) is 51.4 Å². The number of benzene rings is 1. The molecule has 7 heteroatoms. The summed E-state index contributed by atoms with van der Waals surface area (Å²) in [6.45, 7) is 0. The number of hydrogen-bond acceptors (Lipinski definition) is 1. The van der Waals surface area contributed by atoms with E-state index >= 15 is 0 Å². The zero-order chi connectivity index (χ0) is 18.7. The van der Waals surface area contributed by atoms with Gasteiger partial charge in [-0.1, -0.05) is 38.5 Å². The fourth-order valence-electron chi connectivity index (χ4n) is 3.91. The molecule has 26 heavy (non-hydrogen) atoms. The number of aliphatic imine (C=N–C) groups is 1. The molecule has 2 nitrogen and oxygen atoms in total. The highest BCUT2D eigenvalue weighted by Crippen LogP contribution is 2.34. The molecular formula is C19H23F5N2. The average Bonchev–Trinajstić information content (AvgIpc) is 2.69. The number of anilines is 1. The van der Waals surface area contributed by atoms with Crippen LogP contribution in [0.4, 0.5) is 27.6 Å². The topological polar surface area (TPSA) is 15.6 Å². The van der Waals surface area contributed by atoms with Gasteiger partial charge in [0, 0.05) is 6.04 Å². The molecule has 144 valence electrons. The van der Waals surface area contributed by atoms with Crippen molar-refractivity contribution in [2.45, 2.75) is 76.3 Å². The van der Waals surface area contributed by atoms with E-state index < -0.39 is 34.8 Å². The Labute approximate surface area is 150 Å². The first-order chi connectivity index (χ1) is 12.5. The van der Waals surface area contributed by atoms with Gasteiger partial charge in [-0.25, -0.2) is 22.0 Å². The second kappa shape index (κ2) is 8.35. The van der Waals surface area contributed by atoms with Crippen molar-refractivity contribution in [2.75, 3.05) is 4.90 Å². The van der Waals surface area contributed by atoms with E-state index in [1.807, 2.05) is 0 Å². The maximum atomic E-state index is 14.3. The molecular weight excluding hydrogens is 351 g/mol. The first kappa shape index (κ1) is 19.1. The normalized spacial score (nSPS) is 20.0. The summed E-state index contributed by atoms with van der Waals surface area (Å²) in [5.74, 6) is -9.53. The zero-order valence-electron chi connectivity index (χ0n) is 14.6. The van der Waals surface area contributed by atoms with Crippen molar-refractivity contribution in [2.24, 2.45) is 4.99 Å². The predicted octanol–water partition coefficient (Wildman–Crippen LogP) is 5.88. The molecule has 0 bridgehead atoms. The summed E-state index contributed by atoms with van der Waals surface area (Å²) < 4.78 is 69.5. The van der Waals surface area contributed by atoms with Gasteiger partial charge in [-0.2, -0.15) is 0 Å². The molecule has 0 aromatic heterocycles. The number of hydrogen-bond donors (Lipinski definition) is 0.